The van der Waals surface area contributed by atoms with Crippen molar-refractivity contribution in [3.63, 3.8) is 0 Å². The van der Waals surface area contributed by atoms with E-state index in [-0.39, 0.29) is 13.1 Å². The number of carbonyl (C=O) groups is 1. The fourth-order valence-electron chi connectivity index (χ4n) is 2.95. The molecule has 2 aromatic carbocycles. The normalized spacial score (nSPS) is 18.3. The summed E-state index contributed by atoms with van der Waals surface area (Å²) in [7, 11) is -4.28. The average molecular weight is 385 g/mol. The Morgan fingerprint density at radius 2 is 1.81 bits per heavy atom. The highest BCUT2D eigenvalue weighted by molar-refractivity contribution is 7.89. The summed E-state index contributed by atoms with van der Waals surface area (Å²) in [5.74, 6) is -2.28. The molecular weight excluding hydrogens is 371 g/mol. The van der Waals surface area contributed by atoms with Gasteiger partial charge in [0.15, 0.2) is 0 Å². The number of carboxylic acids is 1. The zero-order valence-electron chi connectivity index (χ0n) is 13.3. The van der Waals surface area contributed by atoms with Crippen LogP contribution in [0.4, 0.5) is 13.2 Å². The molecule has 0 radical (unpaired) electrons. The van der Waals surface area contributed by atoms with E-state index in [4.69, 9.17) is 0 Å². The fourth-order valence-corrected chi connectivity index (χ4v) is 4.43. The number of carboxylic acid groups (broad SMARTS) is 1. The minimum absolute atomic E-state index is 0.0987. The molecule has 0 aromatic heterocycles. The van der Waals surface area contributed by atoms with Gasteiger partial charge in [0, 0.05) is 13.1 Å². The summed E-state index contributed by atoms with van der Waals surface area (Å²) in [5.41, 5.74) is -0.0528. The first-order valence-electron chi connectivity index (χ1n) is 7.59. The standard InChI is InChI=1S/C17H14F3NO4S/c18-17(19,20)12-5-3-6-13(8-12)26(24,25)21-9-11-4-1-2-7-14(11)15(10-21)16(22)23/h1-8,15H,9-10H2,(H,22,23). The Labute approximate surface area is 147 Å². The summed E-state index contributed by atoms with van der Waals surface area (Å²) < 4.78 is 65.2. The van der Waals surface area contributed by atoms with Gasteiger partial charge in [-0.3, -0.25) is 4.79 Å². The van der Waals surface area contributed by atoms with Crippen molar-refractivity contribution >= 4 is 16.0 Å². The molecular formula is C17H14F3NO4S. The van der Waals surface area contributed by atoms with Gasteiger partial charge in [0.05, 0.1) is 16.4 Å². The number of benzene rings is 2. The number of aliphatic carboxylic acids is 1. The molecule has 1 unspecified atom stereocenters. The predicted molar refractivity (Wildman–Crippen MR) is 85.9 cm³/mol. The number of fused-ring (bicyclic) bond motifs is 1. The molecule has 138 valence electrons. The minimum atomic E-state index is -4.68. The van der Waals surface area contributed by atoms with Crippen LogP contribution in [0.2, 0.25) is 0 Å². The lowest BCUT2D eigenvalue weighted by Crippen LogP contribution is -2.40. The van der Waals surface area contributed by atoms with E-state index >= 15 is 0 Å². The molecule has 1 aliphatic rings. The minimum Gasteiger partial charge on any atom is -0.481 e. The van der Waals surface area contributed by atoms with Gasteiger partial charge >= 0.3 is 12.1 Å². The molecule has 0 fully saturated rings. The summed E-state index contributed by atoms with van der Waals surface area (Å²) in [6, 6.07) is 9.96. The number of hydrogen-bond donors (Lipinski definition) is 1. The Balaban J connectivity index is 2.02. The molecule has 1 heterocycles. The van der Waals surface area contributed by atoms with Gasteiger partial charge < -0.3 is 5.11 Å². The molecule has 0 amide bonds. The Morgan fingerprint density at radius 3 is 2.46 bits per heavy atom. The van der Waals surface area contributed by atoms with Crippen molar-refractivity contribution in [2.75, 3.05) is 6.54 Å². The van der Waals surface area contributed by atoms with Crippen molar-refractivity contribution in [3.05, 3.63) is 65.2 Å². The number of rotatable bonds is 3. The average Bonchev–Trinajstić information content (AvgIpc) is 2.60. The first kappa shape index (κ1) is 18.4. The summed E-state index contributed by atoms with van der Waals surface area (Å²) in [4.78, 5) is 11.0. The van der Waals surface area contributed by atoms with Gasteiger partial charge in [-0.15, -0.1) is 0 Å². The number of sulfonamides is 1. The highest BCUT2D eigenvalue weighted by Crippen LogP contribution is 2.34. The number of alkyl halides is 3. The Kier molecular flexibility index (Phi) is 4.53. The maximum Gasteiger partial charge on any atom is 0.416 e. The predicted octanol–water partition coefficient (Wildman–Crippen LogP) is 3.08. The third-order valence-electron chi connectivity index (χ3n) is 4.26. The van der Waals surface area contributed by atoms with E-state index in [2.05, 4.69) is 0 Å². The van der Waals surface area contributed by atoms with Crippen LogP contribution in [0.5, 0.6) is 0 Å². The van der Waals surface area contributed by atoms with Gasteiger partial charge in [0.2, 0.25) is 10.0 Å². The van der Waals surface area contributed by atoms with Crippen LogP contribution < -0.4 is 0 Å². The SMILES string of the molecule is O=C(O)C1CN(S(=O)(=O)c2cccc(C(F)(F)F)c2)Cc2ccccc21. The van der Waals surface area contributed by atoms with Crippen LogP contribution in [-0.4, -0.2) is 30.3 Å². The molecule has 2 aromatic rings. The Bertz CT molecular complexity index is 956. The second kappa shape index (κ2) is 6.40. The zero-order chi connectivity index (χ0) is 19.1. The maximum absolute atomic E-state index is 12.9. The summed E-state index contributed by atoms with van der Waals surface area (Å²) >= 11 is 0. The smallest absolute Gasteiger partial charge is 0.416 e. The van der Waals surface area contributed by atoms with E-state index < -0.39 is 38.5 Å². The van der Waals surface area contributed by atoms with Gasteiger partial charge in [0.25, 0.3) is 0 Å². The molecule has 0 aliphatic carbocycles. The molecule has 0 spiro atoms. The van der Waals surface area contributed by atoms with Crippen molar-refractivity contribution in [1.29, 1.82) is 0 Å². The maximum atomic E-state index is 12.9. The van der Waals surface area contributed by atoms with Crippen molar-refractivity contribution in [2.24, 2.45) is 0 Å². The lowest BCUT2D eigenvalue weighted by Gasteiger charge is -2.32. The Hall–Kier alpha value is -2.39. The van der Waals surface area contributed by atoms with E-state index in [0.717, 1.165) is 22.5 Å². The number of hydrogen-bond acceptors (Lipinski definition) is 3. The van der Waals surface area contributed by atoms with Gasteiger partial charge in [-0.2, -0.15) is 17.5 Å². The van der Waals surface area contributed by atoms with E-state index in [1.165, 1.54) is 0 Å². The van der Waals surface area contributed by atoms with Crippen LogP contribution in [0.3, 0.4) is 0 Å². The molecule has 0 saturated heterocycles. The summed E-state index contributed by atoms with van der Waals surface area (Å²) in [6.45, 7) is -0.441. The molecule has 1 N–H and O–H groups in total. The first-order valence-corrected chi connectivity index (χ1v) is 9.03. The number of nitrogens with zero attached hydrogens (tertiary/aromatic N) is 1. The second-order valence-electron chi connectivity index (χ2n) is 5.91. The second-order valence-corrected chi connectivity index (χ2v) is 7.85. The number of halogens is 3. The van der Waals surface area contributed by atoms with Gasteiger partial charge in [-0.05, 0) is 29.3 Å². The van der Waals surface area contributed by atoms with Gasteiger partial charge in [-0.1, -0.05) is 30.3 Å². The largest absolute Gasteiger partial charge is 0.481 e. The topological polar surface area (TPSA) is 74.7 Å². The van der Waals surface area contributed by atoms with E-state index in [1.807, 2.05) is 0 Å². The molecule has 0 bridgehead atoms. The molecule has 1 atom stereocenters. The molecule has 26 heavy (non-hydrogen) atoms. The van der Waals surface area contributed by atoms with Crippen LogP contribution in [-0.2, 0) is 27.5 Å². The highest BCUT2D eigenvalue weighted by Gasteiger charge is 2.38. The molecule has 1 aliphatic heterocycles. The third-order valence-corrected chi connectivity index (χ3v) is 6.07. The highest BCUT2D eigenvalue weighted by atomic mass is 32.2. The summed E-state index contributed by atoms with van der Waals surface area (Å²) in [5, 5.41) is 9.42. The first-order chi connectivity index (χ1) is 12.1. The molecule has 5 nitrogen and oxygen atoms in total. The van der Waals surface area contributed by atoms with Crippen LogP contribution in [0, 0.1) is 0 Å². The third kappa shape index (κ3) is 3.32. The Morgan fingerprint density at radius 1 is 1.12 bits per heavy atom. The van der Waals surface area contributed by atoms with Gasteiger partial charge in [-0.25, -0.2) is 8.42 Å². The zero-order valence-corrected chi connectivity index (χ0v) is 14.1. The molecule has 9 heteroatoms. The quantitative estimate of drug-likeness (QED) is 0.881. The van der Waals surface area contributed by atoms with Gasteiger partial charge in [0.1, 0.15) is 0 Å². The van der Waals surface area contributed by atoms with E-state index in [0.29, 0.717) is 17.2 Å². The van der Waals surface area contributed by atoms with Crippen molar-refractivity contribution in [2.45, 2.75) is 23.5 Å². The van der Waals surface area contributed by atoms with Crippen molar-refractivity contribution in [3.8, 4) is 0 Å². The monoisotopic (exact) mass is 385 g/mol. The van der Waals surface area contributed by atoms with E-state index in [9.17, 15) is 31.5 Å². The molecule has 0 saturated carbocycles. The van der Waals surface area contributed by atoms with Crippen LogP contribution >= 0.6 is 0 Å². The lowest BCUT2D eigenvalue weighted by molar-refractivity contribution is -0.139. The van der Waals surface area contributed by atoms with Crippen LogP contribution in [0.1, 0.15) is 22.6 Å². The van der Waals surface area contributed by atoms with Crippen LogP contribution in [0.25, 0.3) is 0 Å². The fraction of sp³-hybridized carbons (Fsp3) is 0.235. The van der Waals surface area contributed by atoms with Crippen molar-refractivity contribution in [1.82, 2.24) is 4.31 Å². The van der Waals surface area contributed by atoms with Crippen molar-refractivity contribution < 1.29 is 31.5 Å². The summed E-state index contributed by atoms with van der Waals surface area (Å²) in [6.07, 6.45) is -4.68. The van der Waals surface area contributed by atoms with E-state index in [1.54, 1.807) is 24.3 Å². The van der Waals surface area contributed by atoms with Crippen LogP contribution in [0.15, 0.2) is 53.4 Å². The lowest BCUT2D eigenvalue weighted by atomic mass is 9.91. The molecule has 3 rings (SSSR count).